The molecule has 5 rings (SSSR count). The van der Waals surface area contributed by atoms with Crippen molar-refractivity contribution in [2.45, 2.75) is 24.2 Å². The standard InChI is InChI=1S/C27H21Cl2F3N4O/c1-15-10-18(11-19-23(28)22(25(29)35-24(15)19)16-6-4-3-5-7-16)26(37,21-13-33-14-36(21)2)17-8-9-20(34-12-17)27(30,31)32/h3-14,25,35,37H,1-2H3/t25-,26?/m0/s1. The van der Waals surface area contributed by atoms with Crippen molar-refractivity contribution in [2.24, 2.45) is 7.05 Å². The summed E-state index contributed by atoms with van der Waals surface area (Å²) in [6, 6.07) is 15.0. The molecule has 10 heteroatoms. The number of imidazole rings is 1. The van der Waals surface area contributed by atoms with E-state index in [-0.39, 0.29) is 5.56 Å². The first-order chi connectivity index (χ1) is 17.5. The summed E-state index contributed by atoms with van der Waals surface area (Å²) in [5.41, 5.74) is 0.891. The number of halogens is 5. The fourth-order valence-electron chi connectivity index (χ4n) is 4.65. The van der Waals surface area contributed by atoms with Crippen molar-refractivity contribution in [3.63, 3.8) is 0 Å². The molecule has 0 fully saturated rings. The largest absolute Gasteiger partial charge is 0.433 e. The van der Waals surface area contributed by atoms with E-state index in [4.69, 9.17) is 23.2 Å². The number of rotatable bonds is 4. The van der Waals surface area contributed by atoms with Gasteiger partial charge in [0.1, 0.15) is 11.2 Å². The third-order valence-corrected chi connectivity index (χ3v) is 7.23. The van der Waals surface area contributed by atoms with Gasteiger partial charge in [-0.2, -0.15) is 13.2 Å². The second-order valence-electron chi connectivity index (χ2n) is 8.85. The van der Waals surface area contributed by atoms with Gasteiger partial charge in [-0.05, 0) is 35.7 Å². The van der Waals surface area contributed by atoms with Crippen molar-refractivity contribution >= 4 is 39.5 Å². The topological polar surface area (TPSA) is 63.0 Å². The first kappa shape index (κ1) is 25.3. The molecule has 0 saturated heterocycles. The second kappa shape index (κ2) is 9.20. The number of nitrogens with zero attached hydrogens (tertiary/aromatic N) is 3. The molecule has 37 heavy (non-hydrogen) atoms. The summed E-state index contributed by atoms with van der Waals surface area (Å²) in [6.45, 7) is 1.84. The molecule has 1 unspecified atom stereocenters. The van der Waals surface area contributed by atoms with E-state index in [9.17, 15) is 18.3 Å². The van der Waals surface area contributed by atoms with E-state index in [1.54, 1.807) is 23.7 Å². The highest BCUT2D eigenvalue weighted by atomic mass is 35.5. The normalized spacial score (nSPS) is 17.2. The van der Waals surface area contributed by atoms with Crippen LogP contribution in [-0.4, -0.2) is 25.1 Å². The van der Waals surface area contributed by atoms with Crippen molar-refractivity contribution in [3.8, 4) is 0 Å². The third-order valence-electron chi connectivity index (χ3n) is 6.49. The summed E-state index contributed by atoms with van der Waals surface area (Å²) < 4.78 is 41.2. The summed E-state index contributed by atoms with van der Waals surface area (Å²) in [6.07, 6.45) is -0.610. The predicted octanol–water partition coefficient (Wildman–Crippen LogP) is 6.52. The average Bonchev–Trinajstić information content (AvgIpc) is 3.30. The molecule has 0 bridgehead atoms. The van der Waals surface area contributed by atoms with Crippen LogP contribution in [0, 0.1) is 6.92 Å². The van der Waals surface area contributed by atoms with Crippen LogP contribution in [0.5, 0.6) is 0 Å². The molecular weight excluding hydrogens is 524 g/mol. The van der Waals surface area contributed by atoms with E-state index in [1.165, 1.54) is 18.6 Å². The van der Waals surface area contributed by atoms with Gasteiger partial charge < -0.3 is 15.0 Å². The quantitative estimate of drug-likeness (QED) is 0.226. The molecule has 0 spiro atoms. The van der Waals surface area contributed by atoms with Gasteiger partial charge in [0.25, 0.3) is 0 Å². The summed E-state index contributed by atoms with van der Waals surface area (Å²) in [7, 11) is 1.69. The number of anilines is 1. The minimum Gasteiger partial charge on any atom is -0.374 e. The van der Waals surface area contributed by atoms with Gasteiger partial charge in [0.05, 0.1) is 23.3 Å². The molecule has 0 amide bonds. The summed E-state index contributed by atoms with van der Waals surface area (Å²) in [4.78, 5) is 7.71. The third kappa shape index (κ3) is 4.29. The van der Waals surface area contributed by atoms with Crippen LogP contribution in [0.4, 0.5) is 18.9 Å². The fourth-order valence-corrected chi connectivity index (χ4v) is 5.42. The highest BCUT2D eigenvalue weighted by Gasteiger charge is 2.40. The van der Waals surface area contributed by atoms with Crippen molar-refractivity contribution < 1.29 is 18.3 Å². The van der Waals surface area contributed by atoms with E-state index in [2.05, 4.69) is 15.3 Å². The Morgan fingerprint density at radius 3 is 2.35 bits per heavy atom. The van der Waals surface area contributed by atoms with Gasteiger partial charge in [0.2, 0.25) is 0 Å². The summed E-state index contributed by atoms with van der Waals surface area (Å²) in [5, 5.41) is 15.9. The number of hydrogen-bond acceptors (Lipinski definition) is 4. The number of fused-ring (bicyclic) bond motifs is 1. The lowest BCUT2D eigenvalue weighted by Gasteiger charge is -2.33. The molecule has 3 heterocycles. The Bertz CT molecular complexity index is 1500. The number of pyridine rings is 1. The Balaban J connectivity index is 1.74. The van der Waals surface area contributed by atoms with Crippen molar-refractivity contribution in [2.75, 3.05) is 5.32 Å². The lowest BCUT2D eigenvalue weighted by molar-refractivity contribution is -0.141. The van der Waals surface area contributed by atoms with Crippen LogP contribution in [0.1, 0.15) is 39.2 Å². The van der Waals surface area contributed by atoms with Gasteiger partial charge in [-0.1, -0.05) is 65.7 Å². The second-order valence-corrected chi connectivity index (χ2v) is 9.66. The SMILES string of the molecule is Cc1cc(C(O)(c2ccc(C(F)(F)F)nc2)c2cncn2C)cc2c1N[C@H](Cl)C(c1ccccc1)=C2Cl. The van der Waals surface area contributed by atoms with E-state index < -0.39 is 23.0 Å². The average molecular weight is 545 g/mol. The Morgan fingerprint density at radius 2 is 1.76 bits per heavy atom. The van der Waals surface area contributed by atoms with Crippen LogP contribution in [0.15, 0.2) is 73.3 Å². The lowest BCUT2D eigenvalue weighted by atomic mass is 9.81. The number of hydrogen-bond donors (Lipinski definition) is 2. The van der Waals surface area contributed by atoms with Gasteiger partial charge in [-0.3, -0.25) is 4.98 Å². The molecule has 1 aliphatic heterocycles. The van der Waals surface area contributed by atoms with Crippen LogP contribution < -0.4 is 5.32 Å². The first-order valence-corrected chi connectivity index (χ1v) is 12.1. The molecule has 0 aliphatic carbocycles. The highest BCUT2D eigenvalue weighted by molar-refractivity contribution is 6.55. The van der Waals surface area contributed by atoms with Gasteiger partial charge in [-0.15, -0.1) is 0 Å². The summed E-state index contributed by atoms with van der Waals surface area (Å²) in [5.74, 6) is 0. The van der Waals surface area contributed by atoms with E-state index in [0.29, 0.717) is 33.1 Å². The minimum absolute atomic E-state index is 0.144. The molecule has 0 saturated carbocycles. The van der Waals surface area contributed by atoms with Crippen LogP contribution in [0.25, 0.3) is 10.6 Å². The molecule has 4 aromatic rings. The highest BCUT2D eigenvalue weighted by Crippen LogP contribution is 2.46. The molecular formula is C27H21Cl2F3N4O. The number of benzene rings is 2. The monoisotopic (exact) mass is 544 g/mol. The molecule has 1 aliphatic rings. The maximum Gasteiger partial charge on any atom is 0.433 e. The zero-order valence-electron chi connectivity index (χ0n) is 19.7. The molecule has 2 aromatic heterocycles. The number of alkyl halides is 4. The van der Waals surface area contributed by atoms with Crippen molar-refractivity contribution in [3.05, 3.63) is 113 Å². The van der Waals surface area contributed by atoms with Gasteiger partial charge >= 0.3 is 6.18 Å². The maximum atomic E-state index is 13.2. The van der Waals surface area contributed by atoms with Crippen molar-refractivity contribution in [1.29, 1.82) is 0 Å². The van der Waals surface area contributed by atoms with E-state index in [0.717, 1.165) is 23.4 Å². The number of aromatic nitrogens is 3. The van der Waals surface area contributed by atoms with Crippen LogP contribution in [0.2, 0.25) is 0 Å². The molecule has 2 N–H and O–H groups in total. The van der Waals surface area contributed by atoms with Crippen LogP contribution in [0.3, 0.4) is 0 Å². The zero-order valence-corrected chi connectivity index (χ0v) is 21.2. The fraction of sp³-hybridized carbons (Fsp3) is 0.185. The van der Waals surface area contributed by atoms with Gasteiger partial charge in [0.15, 0.2) is 5.60 Å². The van der Waals surface area contributed by atoms with Crippen LogP contribution >= 0.6 is 23.2 Å². The molecule has 2 aromatic carbocycles. The first-order valence-electron chi connectivity index (χ1n) is 11.3. The Kier molecular flexibility index (Phi) is 6.30. The minimum atomic E-state index is -4.61. The summed E-state index contributed by atoms with van der Waals surface area (Å²) >= 11 is 13.6. The Hall–Kier alpha value is -3.33. The van der Waals surface area contributed by atoms with Crippen LogP contribution in [-0.2, 0) is 18.8 Å². The zero-order chi connectivity index (χ0) is 26.5. The van der Waals surface area contributed by atoms with E-state index in [1.807, 2.05) is 37.3 Å². The number of aryl methyl sites for hydroxylation is 2. The smallest absolute Gasteiger partial charge is 0.374 e. The molecule has 5 nitrogen and oxygen atoms in total. The number of nitrogens with one attached hydrogen (secondary N) is 1. The van der Waals surface area contributed by atoms with Crippen molar-refractivity contribution in [1.82, 2.24) is 14.5 Å². The predicted molar refractivity (Wildman–Crippen MR) is 138 cm³/mol. The van der Waals surface area contributed by atoms with Gasteiger partial charge in [0, 0.05) is 35.6 Å². The Morgan fingerprint density at radius 1 is 1.03 bits per heavy atom. The van der Waals surface area contributed by atoms with Gasteiger partial charge in [-0.25, -0.2) is 4.98 Å². The molecule has 190 valence electrons. The lowest BCUT2D eigenvalue weighted by Crippen LogP contribution is -2.32. The van der Waals surface area contributed by atoms with E-state index >= 15 is 0 Å². The number of aliphatic hydroxyl groups is 1. The maximum absolute atomic E-state index is 13.2. The molecule has 2 atom stereocenters. The Labute approximate surface area is 221 Å². The molecule has 0 radical (unpaired) electrons.